The molecule has 1 aromatic carbocycles. The number of thioether (sulfide) groups is 1. The van der Waals surface area contributed by atoms with E-state index in [1.165, 1.54) is 17.8 Å². The third kappa shape index (κ3) is 2.26. The minimum Gasteiger partial charge on any atom is -0.348 e. The van der Waals surface area contributed by atoms with Gasteiger partial charge < -0.3 is 5.32 Å². The molecule has 0 saturated heterocycles. The van der Waals surface area contributed by atoms with Crippen LogP contribution in [0.4, 0.5) is 18.9 Å². The van der Waals surface area contributed by atoms with Gasteiger partial charge in [0.15, 0.2) is 0 Å². The number of rotatable bonds is 0. The van der Waals surface area contributed by atoms with E-state index in [0.29, 0.717) is 16.4 Å². The summed E-state index contributed by atoms with van der Waals surface area (Å²) in [7, 11) is 0. The van der Waals surface area contributed by atoms with Crippen molar-refractivity contribution in [2.45, 2.75) is 11.1 Å². The van der Waals surface area contributed by atoms with E-state index in [0.717, 1.165) is 17.0 Å². The Labute approximate surface area is 94.0 Å². The first-order valence-corrected chi connectivity index (χ1v) is 5.50. The van der Waals surface area contributed by atoms with Crippen LogP contribution < -0.4 is 5.32 Å². The second-order valence-electron chi connectivity index (χ2n) is 3.05. The summed E-state index contributed by atoms with van der Waals surface area (Å²) in [4.78, 5) is 1.36. The highest BCUT2D eigenvalue weighted by atomic mass is 32.2. The SMILES string of the molecule is FC(F)(F)c1ccc2c(c1)NC(=S)CS2. The number of nitrogens with one attached hydrogen (secondary N) is 1. The Morgan fingerprint density at radius 1 is 1.33 bits per heavy atom. The average molecular weight is 249 g/mol. The van der Waals surface area contributed by atoms with Gasteiger partial charge in [0.1, 0.15) is 0 Å². The first-order valence-electron chi connectivity index (χ1n) is 4.11. The van der Waals surface area contributed by atoms with Gasteiger partial charge in [-0.25, -0.2) is 0 Å². The summed E-state index contributed by atoms with van der Waals surface area (Å²) >= 11 is 6.35. The third-order valence-electron chi connectivity index (χ3n) is 1.94. The highest BCUT2D eigenvalue weighted by Gasteiger charge is 2.31. The first kappa shape index (κ1) is 10.8. The predicted octanol–water partition coefficient (Wildman–Crippen LogP) is 3.55. The van der Waals surface area contributed by atoms with Gasteiger partial charge in [-0.1, -0.05) is 12.2 Å². The van der Waals surface area contributed by atoms with Crippen molar-refractivity contribution in [3.63, 3.8) is 0 Å². The molecule has 1 nitrogen and oxygen atoms in total. The Morgan fingerprint density at radius 3 is 2.73 bits per heavy atom. The Hall–Kier alpha value is -0.750. The van der Waals surface area contributed by atoms with Crippen LogP contribution in [0.25, 0.3) is 0 Å². The van der Waals surface area contributed by atoms with E-state index in [2.05, 4.69) is 5.32 Å². The van der Waals surface area contributed by atoms with E-state index >= 15 is 0 Å². The normalized spacial score (nSPS) is 15.8. The molecule has 0 atom stereocenters. The molecule has 0 aliphatic carbocycles. The molecule has 0 unspecified atom stereocenters. The third-order valence-corrected chi connectivity index (χ3v) is 3.47. The van der Waals surface area contributed by atoms with E-state index in [1.54, 1.807) is 0 Å². The van der Waals surface area contributed by atoms with Crippen LogP contribution in [0.15, 0.2) is 23.1 Å². The second-order valence-corrected chi connectivity index (χ2v) is 4.56. The molecule has 0 amide bonds. The molecule has 15 heavy (non-hydrogen) atoms. The van der Waals surface area contributed by atoms with Crippen molar-refractivity contribution in [1.29, 1.82) is 0 Å². The molecule has 1 heterocycles. The number of alkyl halides is 3. The topological polar surface area (TPSA) is 12.0 Å². The van der Waals surface area contributed by atoms with Gasteiger partial charge in [0, 0.05) is 10.6 Å². The van der Waals surface area contributed by atoms with Crippen LogP contribution in [0.3, 0.4) is 0 Å². The molecule has 1 aromatic rings. The van der Waals surface area contributed by atoms with Crippen LogP contribution in [-0.2, 0) is 6.18 Å². The fourth-order valence-electron chi connectivity index (χ4n) is 1.26. The smallest absolute Gasteiger partial charge is 0.348 e. The second kappa shape index (κ2) is 3.68. The van der Waals surface area contributed by atoms with Gasteiger partial charge in [-0.05, 0) is 18.2 Å². The first-order chi connectivity index (χ1) is 6.97. The highest BCUT2D eigenvalue weighted by Crippen LogP contribution is 2.37. The zero-order chi connectivity index (χ0) is 11.1. The average Bonchev–Trinajstić information content (AvgIpc) is 2.15. The molecular formula is C9H6F3NS2. The number of fused-ring (bicyclic) bond motifs is 1. The fraction of sp³-hybridized carbons (Fsp3) is 0.222. The van der Waals surface area contributed by atoms with Gasteiger partial charge in [0.2, 0.25) is 0 Å². The molecule has 1 aliphatic heterocycles. The Morgan fingerprint density at radius 2 is 2.07 bits per heavy atom. The maximum Gasteiger partial charge on any atom is 0.416 e. The summed E-state index contributed by atoms with van der Waals surface area (Å²) in [5.74, 6) is 0.619. The van der Waals surface area contributed by atoms with E-state index in [1.807, 2.05) is 0 Å². The summed E-state index contributed by atoms with van der Waals surface area (Å²) in [5, 5.41) is 2.78. The van der Waals surface area contributed by atoms with Gasteiger partial charge >= 0.3 is 6.18 Å². The lowest BCUT2D eigenvalue weighted by Gasteiger charge is -2.19. The summed E-state index contributed by atoms with van der Waals surface area (Å²) in [5.41, 5.74) is -0.204. The molecule has 1 N–H and O–H groups in total. The lowest BCUT2D eigenvalue weighted by atomic mass is 10.2. The number of hydrogen-bond acceptors (Lipinski definition) is 2. The van der Waals surface area contributed by atoms with Crippen molar-refractivity contribution in [2.24, 2.45) is 0 Å². The minimum absolute atomic E-state index is 0.450. The Bertz CT molecular complexity index is 414. The molecule has 0 aromatic heterocycles. The number of benzene rings is 1. The summed E-state index contributed by atoms with van der Waals surface area (Å²) in [6.45, 7) is 0. The van der Waals surface area contributed by atoms with Gasteiger partial charge in [0.05, 0.1) is 16.2 Å². The lowest BCUT2D eigenvalue weighted by Crippen LogP contribution is -2.17. The Kier molecular flexibility index (Phi) is 2.64. The van der Waals surface area contributed by atoms with Crippen LogP contribution in [0.2, 0.25) is 0 Å². The molecule has 0 fully saturated rings. The molecule has 0 spiro atoms. The zero-order valence-corrected chi connectivity index (χ0v) is 9.02. The zero-order valence-electron chi connectivity index (χ0n) is 7.39. The number of halogens is 3. The van der Waals surface area contributed by atoms with Crippen molar-refractivity contribution in [1.82, 2.24) is 0 Å². The van der Waals surface area contributed by atoms with Crippen LogP contribution in [0.5, 0.6) is 0 Å². The van der Waals surface area contributed by atoms with Crippen LogP contribution in [0.1, 0.15) is 5.56 Å². The number of anilines is 1. The molecule has 1 aliphatic rings. The van der Waals surface area contributed by atoms with Crippen LogP contribution >= 0.6 is 24.0 Å². The van der Waals surface area contributed by atoms with E-state index < -0.39 is 11.7 Å². The van der Waals surface area contributed by atoms with Gasteiger partial charge in [0.25, 0.3) is 0 Å². The quantitative estimate of drug-likeness (QED) is 0.706. The van der Waals surface area contributed by atoms with Gasteiger partial charge in [-0.2, -0.15) is 13.2 Å². The fourth-order valence-corrected chi connectivity index (χ4v) is 2.33. The van der Waals surface area contributed by atoms with Crippen LogP contribution in [0, 0.1) is 0 Å². The summed E-state index contributed by atoms with van der Waals surface area (Å²) in [6, 6.07) is 3.65. The molecule has 80 valence electrons. The van der Waals surface area contributed by atoms with Crippen molar-refractivity contribution >= 4 is 34.7 Å². The molecular weight excluding hydrogens is 243 g/mol. The maximum atomic E-state index is 12.4. The molecule has 0 saturated carbocycles. The monoisotopic (exact) mass is 249 g/mol. The highest BCUT2D eigenvalue weighted by molar-refractivity contribution is 8.01. The largest absolute Gasteiger partial charge is 0.416 e. The maximum absolute atomic E-state index is 12.4. The molecule has 6 heteroatoms. The van der Waals surface area contributed by atoms with Crippen molar-refractivity contribution in [3.8, 4) is 0 Å². The minimum atomic E-state index is -4.31. The van der Waals surface area contributed by atoms with Gasteiger partial charge in [-0.15, -0.1) is 11.8 Å². The predicted molar refractivity (Wildman–Crippen MR) is 58.4 cm³/mol. The van der Waals surface area contributed by atoms with E-state index in [4.69, 9.17) is 12.2 Å². The molecule has 0 bridgehead atoms. The summed E-state index contributed by atoms with van der Waals surface area (Å²) < 4.78 is 37.2. The number of thiocarbonyl (C=S) groups is 1. The number of hydrogen-bond donors (Lipinski definition) is 1. The summed E-state index contributed by atoms with van der Waals surface area (Å²) in [6.07, 6.45) is -4.31. The van der Waals surface area contributed by atoms with Crippen molar-refractivity contribution in [2.75, 3.05) is 11.1 Å². The standard InChI is InChI=1S/C9H6F3NS2/c10-9(11,12)5-1-2-7-6(3-5)13-8(14)4-15-7/h1-3H,4H2,(H,13,14). The van der Waals surface area contributed by atoms with Crippen molar-refractivity contribution in [3.05, 3.63) is 23.8 Å². The van der Waals surface area contributed by atoms with Crippen LogP contribution in [-0.4, -0.2) is 10.7 Å². The van der Waals surface area contributed by atoms with E-state index in [9.17, 15) is 13.2 Å². The molecule has 2 rings (SSSR count). The van der Waals surface area contributed by atoms with Gasteiger partial charge in [-0.3, -0.25) is 0 Å². The van der Waals surface area contributed by atoms with Crippen molar-refractivity contribution < 1.29 is 13.2 Å². The van der Waals surface area contributed by atoms with E-state index in [-0.39, 0.29) is 0 Å². The molecule has 0 radical (unpaired) electrons. The Balaban J connectivity index is 2.41. The lowest BCUT2D eigenvalue weighted by molar-refractivity contribution is -0.137.